The number of hydrogen-bond donors (Lipinski definition) is 1. The fourth-order valence-electron chi connectivity index (χ4n) is 1.91. The molecule has 132 valence electrons. The van der Waals surface area contributed by atoms with Crippen LogP contribution in [0.2, 0.25) is 0 Å². The number of rotatable bonds is 4. The highest BCUT2D eigenvalue weighted by atomic mass is 79.9. The third kappa shape index (κ3) is 3.58. The molecule has 0 aromatic heterocycles. The van der Waals surface area contributed by atoms with Crippen molar-refractivity contribution in [2.45, 2.75) is 0 Å². The van der Waals surface area contributed by atoms with Crippen molar-refractivity contribution >= 4 is 27.9 Å². The van der Waals surface area contributed by atoms with Crippen LogP contribution in [0, 0.1) is 23.3 Å². The van der Waals surface area contributed by atoms with Crippen LogP contribution in [0.4, 0.5) is 17.6 Å². The molecule has 0 atom stereocenters. The summed E-state index contributed by atoms with van der Waals surface area (Å²) in [6, 6.07) is 2.12. The molecule has 2 rings (SSSR count). The minimum atomic E-state index is -1.92. The summed E-state index contributed by atoms with van der Waals surface area (Å²) >= 11 is 2.96. The van der Waals surface area contributed by atoms with Gasteiger partial charge in [-0.05, 0) is 12.1 Å². The predicted molar refractivity (Wildman–Crippen MR) is 78.9 cm³/mol. The Labute approximate surface area is 145 Å². The van der Waals surface area contributed by atoms with Crippen LogP contribution in [0.3, 0.4) is 0 Å². The van der Waals surface area contributed by atoms with Gasteiger partial charge in [0.15, 0.2) is 11.6 Å². The Bertz CT molecular complexity index is 859. The summed E-state index contributed by atoms with van der Waals surface area (Å²) in [4.78, 5) is 23.3. The van der Waals surface area contributed by atoms with Crippen molar-refractivity contribution in [3.8, 4) is 11.5 Å². The van der Waals surface area contributed by atoms with Gasteiger partial charge in [-0.3, -0.25) is 0 Å². The lowest BCUT2D eigenvalue weighted by Gasteiger charge is -2.13. The molecule has 1 N–H and O–H groups in total. The summed E-state index contributed by atoms with van der Waals surface area (Å²) in [5.41, 5.74) is -0.979. The molecule has 0 amide bonds. The average molecular weight is 423 g/mol. The van der Waals surface area contributed by atoms with Gasteiger partial charge in [0, 0.05) is 10.5 Å². The van der Waals surface area contributed by atoms with Gasteiger partial charge < -0.3 is 14.6 Å². The zero-order chi connectivity index (χ0) is 18.9. The largest absolute Gasteiger partial charge is 0.495 e. The third-order valence-electron chi connectivity index (χ3n) is 2.97. The van der Waals surface area contributed by atoms with E-state index < -0.39 is 57.8 Å². The molecule has 0 unspecified atom stereocenters. The normalized spacial score (nSPS) is 10.5. The maximum absolute atomic E-state index is 13.6. The second-order valence-electron chi connectivity index (χ2n) is 4.53. The second-order valence-corrected chi connectivity index (χ2v) is 5.44. The molecule has 0 aliphatic heterocycles. The van der Waals surface area contributed by atoms with Gasteiger partial charge in [0.05, 0.1) is 7.11 Å². The SMILES string of the molecule is COc1c(C(=O)O)cc(Br)cc1C(=O)Oc1c(F)c(F)cc(F)c1F. The van der Waals surface area contributed by atoms with Gasteiger partial charge in [0.1, 0.15) is 16.9 Å². The number of halogens is 5. The predicted octanol–water partition coefficient (Wildman–Crippen LogP) is 3.93. The number of hydrogen-bond acceptors (Lipinski definition) is 4. The lowest BCUT2D eigenvalue weighted by molar-refractivity contribution is 0.0692. The molecule has 0 bridgehead atoms. The van der Waals surface area contributed by atoms with Crippen LogP contribution in [0.5, 0.6) is 11.5 Å². The van der Waals surface area contributed by atoms with E-state index in [4.69, 9.17) is 9.84 Å². The lowest BCUT2D eigenvalue weighted by Crippen LogP contribution is -2.15. The fraction of sp³-hybridized carbons (Fsp3) is 0.0667. The van der Waals surface area contributed by atoms with Crippen LogP contribution in [0.15, 0.2) is 22.7 Å². The maximum atomic E-state index is 13.6. The van der Waals surface area contributed by atoms with Crippen LogP contribution in [-0.2, 0) is 0 Å². The molecule has 0 radical (unpaired) electrons. The number of carbonyl (C=O) groups excluding carboxylic acids is 1. The molecular weight excluding hydrogens is 416 g/mol. The van der Waals surface area contributed by atoms with Crippen LogP contribution >= 0.6 is 15.9 Å². The summed E-state index contributed by atoms with van der Waals surface area (Å²) in [6.07, 6.45) is 0. The van der Waals surface area contributed by atoms with Gasteiger partial charge in [0.25, 0.3) is 0 Å². The smallest absolute Gasteiger partial charge is 0.347 e. The zero-order valence-electron chi connectivity index (χ0n) is 12.2. The quantitative estimate of drug-likeness (QED) is 0.349. The molecule has 25 heavy (non-hydrogen) atoms. The van der Waals surface area contributed by atoms with E-state index in [0.29, 0.717) is 0 Å². The Morgan fingerprint density at radius 3 is 1.96 bits per heavy atom. The van der Waals surface area contributed by atoms with Gasteiger partial charge in [0.2, 0.25) is 17.4 Å². The minimum Gasteiger partial charge on any atom is -0.495 e. The van der Waals surface area contributed by atoms with E-state index in [1.165, 1.54) is 0 Å². The molecule has 0 aliphatic rings. The summed E-state index contributed by atoms with van der Waals surface area (Å²) in [6.45, 7) is 0. The number of methoxy groups -OCH3 is 1. The molecule has 0 fully saturated rings. The first-order valence-corrected chi connectivity index (χ1v) is 7.12. The molecule has 2 aromatic carbocycles. The van der Waals surface area contributed by atoms with Crippen molar-refractivity contribution in [1.82, 2.24) is 0 Å². The highest BCUT2D eigenvalue weighted by Crippen LogP contribution is 2.32. The van der Waals surface area contributed by atoms with E-state index in [9.17, 15) is 27.2 Å². The molecule has 0 saturated heterocycles. The maximum Gasteiger partial charge on any atom is 0.347 e. The first-order valence-electron chi connectivity index (χ1n) is 6.33. The topological polar surface area (TPSA) is 72.8 Å². The first-order chi connectivity index (χ1) is 11.7. The standard InChI is InChI=1S/C15H7BrF4O5/c1-24-12-6(14(21)22)2-5(16)3-7(12)15(23)25-13-10(19)8(17)4-9(18)11(13)20/h2-4H,1H3,(H,21,22). The van der Waals surface area contributed by atoms with E-state index in [-0.39, 0.29) is 10.5 Å². The Balaban J connectivity index is 2.55. The molecule has 0 heterocycles. The van der Waals surface area contributed by atoms with Crippen LogP contribution in [0.25, 0.3) is 0 Å². The first kappa shape index (κ1) is 18.7. The van der Waals surface area contributed by atoms with Crippen molar-refractivity contribution in [2.24, 2.45) is 0 Å². The van der Waals surface area contributed by atoms with Gasteiger partial charge in [-0.15, -0.1) is 0 Å². The molecule has 2 aromatic rings. The van der Waals surface area contributed by atoms with Crippen molar-refractivity contribution in [2.75, 3.05) is 7.11 Å². The van der Waals surface area contributed by atoms with E-state index >= 15 is 0 Å². The fourth-order valence-corrected chi connectivity index (χ4v) is 2.37. The van der Waals surface area contributed by atoms with Crippen LogP contribution in [-0.4, -0.2) is 24.2 Å². The lowest BCUT2D eigenvalue weighted by atomic mass is 10.1. The van der Waals surface area contributed by atoms with Gasteiger partial charge >= 0.3 is 11.9 Å². The summed E-state index contributed by atoms with van der Waals surface area (Å²) in [5, 5.41) is 9.11. The van der Waals surface area contributed by atoms with Crippen molar-refractivity contribution in [1.29, 1.82) is 0 Å². The second kappa shape index (κ2) is 7.09. The number of carboxylic acids is 1. The molecule has 0 spiro atoms. The molecule has 0 saturated carbocycles. The van der Waals surface area contributed by atoms with Gasteiger partial charge in [-0.2, -0.15) is 8.78 Å². The minimum absolute atomic E-state index is 0.0514. The number of aromatic carboxylic acids is 1. The average Bonchev–Trinajstić information content (AvgIpc) is 2.55. The summed E-state index contributed by atoms with van der Waals surface area (Å²) < 4.78 is 62.9. The van der Waals surface area contributed by atoms with Gasteiger partial charge in [-0.1, -0.05) is 15.9 Å². The van der Waals surface area contributed by atoms with Crippen LogP contribution in [0.1, 0.15) is 20.7 Å². The number of esters is 1. The molecule has 10 heteroatoms. The van der Waals surface area contributed by atoms with Crippen molar-refractivity contribution in [3.05, 3.63) is 57.1 Å². The van der Waals surface area contributed by atoms with Crippen molar-refractivity contribution in [3.63, 3.8) is 0 Å². The van der Waals surface area contributed by atoms with E-state index in [2.05, 4.69) is 20.7 Å². The highest BCUT2D eigenvalue weighted by molar-refractivity contribution is 9.10. The number of ether oxygens (including phenoxy) is 2. The van der Waals surface area contributed by atoms with E-state index in [0.717, 1.165) is 19.2 Å². The number of carbonyl (C=O) groups is 2. The van der Waals surface area contributed by atoms with E-state index in [1.54, 1.807) is 0 Å². The summed E-state index contributed by atoms with van der Waals surface area (Å²) in [7, 11) is 1.05. The van der Waals surface area contributed by atoms with Crippen LogP contribution < -0.4 is 9.47 Å². The Kier molecular flexibility index (Phi) is 5.31. The van der Waals surface area contributed by atoms with Crippen molar-refractivity contribution < 1.29 is 41.7 Å². The third-order valence-corrected chi connectivity index (χ3v) is 3.43. The Morgan fingerprint density at radius 1 is 0.960 bits per heavy atom. The Hall–Kier alpha value is -2.62. The Morgan fingerprint density at radius 2 is 1.48 bits per heavy atom. The number of benzene rings is 2. The van der Waals surface area contributed by atoms with Gasteiger partial charge in [-0.25, -0.2) is 18.4 Å². The highest BCUT2D eigenvalue weighted by Gasteiger charge is 2.27. The molecule has 5 nitrogen and oxygen atoms in total. The number of carboxylic acid groups (broad SMARTS) is 1. The molecular formula is C15H7BrF4O5. The van der Waals surface area contributed by atoms with E-state index in [1.807, 2.05) is 0 Å². The molecule has 0 aliphatic carbocycles. The summed E-state index contributed by atoms with van der Waals surface area (Å²) in [5.74, 6) is -12.4. The monoisotopic (exact) mass is 422 g/mol. The zero-order valence-corrected chi connectivity index (χ0v) is 13.8.